The fraction of sp³-hybridized carbons (Fsp3) is 1.00. The van der Waals surface area contributed by atoms with Gasteiger partial charge in [0.25, 0.3) is 0 Å². The van der Waals surface area contributed by atoms with Crippen molar-refractivity contribution in [2.75, 3.05) is 13.7 Å². The maximum Gasteiger partial charge on any atom is 0.112 e. The second kappa shape index (κ2) is 5.58. The first-order valence-corrected chi connectivity index (χ1v) is 3.66. The van der Waals surface area contributed by atoms with Gasteiger partial charge in [-0.05, 0) is 13.8 Å². The molecule has 0 aliphatic carbocycles. The SMILES string of the molecule is [B][C@H](OC(C)COC)C(C)O. The second-order valence-corrected chi connectivity index (χ2v) is 2.61. The molecule has 0 spiro atoms. The van der Waals surface area contributed by atoms with Crippen LogP contribution in [0.3, 0.4) is 0 Å². The van der Waals surface area contributed by atoms with Crippen LogP contribution < -0.4 is 0 Å². The molecule has 2 radical (unpaired) electrons. The number of methoxy groups -OCH3 is 1. The minimum absolute atomic E-state index is 0.0791. The van der Waals surface area contributed by atoms with Gasteiger partial charge in [0.2, 0.25) is 0 Å². The second-order valence-electron chi connectivity index (χ2n) is 2.61. The van der Waals surface area contributed by atoms with Crippen LogP contribution in [0.15, 0.2) is 0 Å². The van der Waals surface area contributed by atoms with E-state index in [0.717, 1.165) is 0 Å². The molecular formula is C7H15BO3. The summed E-state index contributed by atoms with van der Waals surface area (Å²) in [6.45, 7) is 3.91. The number of aliphatic hydroxyl groups is 1. The lowest BCUT2D eigenvalue weighted by Crippen LogP contribution is -2.31. The Bertz CT molecular complexity index is 97.7. The van der Waals surface area contributed by atoms with Gasteiger partial charge >= 0.3 is 0 Å². The summed E-state index contributed by atoms with van der Waals surface area (Å²) in [6.07, 6.45) is -0.723. The number of rotatable bonds is 5. The van der Waals surface area contributed by atoms with Gasteiger partial charge in [0.05, 0.1) is 18.8 Å². The lowest BCUT2D eigenvalue weighted by atomic mass is 9.95. The molecule has 0 aliphatic rings. The van der Waals surface area contributed by atoms with E-state index >= 15 is 0 Å². The standard InChI is InChI=1S/C7H15BO3/c1-5(4-10-3)11-7(8)6(2)9/h5-7,9H,4H2,1-3H3/t5?,6?,7-/m1/s1. The number of hydrogen-bond acceptors (Lipinski definition) is 3. The topological polar surface area (TPSA) is 38.7 Å². The lowest BCUT2D eigenvalue weighted by molar-refractivity contribution is -0.0479. The zero-order valence-corrected chi connectivity index (χ0v) is 7.28. The van der Waals surface area contributed by atoms with E-state index in [9.17, 15) is 0 Å². The van der Waals surface area contributed by atoms with Crippen LogP contribution in [0.1, 0.15) is 13.8 Å². The summed E-state index contributed by atoms with van der Waals surface area (Å²) < 4.78 is 9.98. The van der Waals surface area contributed by atoms with Crippen molar-refractivity contribution in [1.29, 1.82) is 0 Å². The highest BCUT2D eigenvalue weighted by molar-refractivity contribution is 6.11. The first-order chi connectivity index (χ1) is 5.07. The van der Waals surface area contributed by atoms with Crippen molar-refractivity contribution in [2.24, 2.45) is 0 Å². The zero-order valence-electron chi connectivity index (χ0n) is 7.28. The Labute approximate surface area is 69.1 Å². The van der Waals surface area contributed by atoms with Gasteiger partial charge in [0.1, 0.15) is 7.85 Å². The van der Waals surface area contributed by atoms with Crippen molar-refractivity contribution in [1.82, 2.24) is 0 Å². The Morgan fingerprint density at radius 2 is 2.00 bits per heavy atom. The maximum absolute atomic E-state index is 8.95. The molecule has 0 bridgehead atoms. The molecule has 4 heteroatoms. The summed E-state index contributed by atoms with van der Waals surface area (Å²) in [5, 5.41) is 8.95. The zero-order chi connectivity index (χ0) is 8.85. The molecule has 0 heterocycles. The maximum atomic E-state index is 8.95. The minimum atomic E-state index is -0.644. The third-order valence-corrected chi connectivity index (χ3v) is 1.27. The molecule has 0 saturated carbocycles. The molecule has 2 unspecified atom stereocenters. The van der Waals surface area contributed by atoms with Gasteiger partial charge in [-0.2, -0.15) is 0 Å². The normalized spacial score (nSPS) is 19.3. The number of hydrogen-bond donors (Lipinski definition) is 1. The highest BCUT2D eigenvalue weighted by atomic mass is 16.5. The molecule has 0 fully saturated rings. The molecule has 0 amide bonds. The van der Waals surface area contributed by atoms with E-state index in [2.05, 4.69) is 0 Å². The molecule has 64 valence electrons. The summed E-state index contributed by atoms with van der Waals surface area (Å²) >= 11 is 0. The van der Waals surface area contributed by atoms with Gasteiger partial charge in [-0.3, -0.25) is 0 Å². The molecule has 0 aromatic heterocycles. The van der Waals surface area contributed by atoms with Gasteiger partial charge in [0.15, 0.2) is 0 Å². The van der Waals surface area contributed by atoms with Gasteiger partial charge < -0.3 is 14.6 Å². The van der Waals surface area contributed by atoms with Crippen molar-refractivity contribution in [3.05, 3.63) is 0 Å². The molecule has 0 aromatic rings. The van der Waals surface area contributed by atoms with Crippen LogP contribution in [-0.2, 0) is 9.47 Å². The Kier molecular flexibility index (Phi) is 5.55. The quantitative estimate of drug-likeness (QED) is 0.568. The van der Waals surface area contributed by atoms with E-state index in [4.69, 9.17) is 22.4 Å². The van der Waals surface area contributed by atoms with Crippen LogP contribution >= 0.6 is 0 Å². The van der Waals surface area contributed by atoms with Crippen LogP contribution in [0.5, 0.6) is 0 Å². The van der Waals surface area contributed by atoms with Crippen molar-refractivity contribution in [2.45, 2.75) is 32.1 Å². The predicted molar refractivity (Wildman–Crippen MR) is 43.6 cm³/mol. The monoisotopic (exact) mass is 158 g/mol. The average Bonchev–Trinajstić information content (AvgIpc) is 1.87. The molecule has 0 aromatic carbocycles. The number of aliphatic hydroxyl groups excluding tert-OH is 1. The van der Waals surface area contributed by atoms with E-state index in [1.807, 2.05) is 6.92 Å². The van der Waals surface area contributed by atoms with Crippen molar-refractivity contribution in [3.8, 4) is 0 Å². The molecule has 11 heavy (non-hydrogen) atoms. The van der Waals surface area contributed by atoms with Crippen molar-refractivity contribution in [3.63, 3.8) is 0 Å². The molecule has 1 N–H and O–H groups in total. The van der Waals surface area contributed by atoms with E-state index in [1.54, 1.807) is 14.0 Å². The molecule has 3 atom stereocenters. The molecule has 0 aliphatic heterocycles. The van der Waals surface area contributed by atoms with Gasteiger partial charge in [-0.1, -0.05) is 0 Å². The van der Waals surface area contributed by atoms with Crippen LogP contribution in [0, 0.1) is 0 Å². The minimum Gasteiger partial charge on any atom is -0.392 e. The van der Waals surface area contributed by atoms with Gasteiger partial charge in [-0.15, -0.1) is 0 Å². The van der Waals surface area contributed by atoms with E-state index in [1.165, 1.54) is 0 Å². The van der Waals surface area contributed by atoms with E-state index < -0.39 is 12.1 Å². The molecule has 0 saturated heterocycles. The molecular weight excluding hydrogens is 143 g/mol. The van der Waals surface area contributed by atoms with Crippen molar-refractivity contribution >= 4 is 7.85 Å². The molecule has 3 nitrogen and oxygen atoms in total. The summed E-state index contributed by atoms with van der Waals surface area (Å²) in [5.41, 5.74) is 0. The lowest BCUT2D eigenvalue weighted by Gasteiger charge is -2.20. The highest BCUT2D eigenvalue weighted by Gasteiger charge is 2.12. The van der Waals surface area contributed by atoms with Gasteiger partial charge in [0, 0.05) is 13.1 Å². The molecule has 0 rings (SSSR count). The summed E-state index contributed by atoms with van der Waals surface area (Å²) in [5.74, 6) is 0. The largest absolute Gasteiger partial charge is 0.392 e. The third kappa shape index (κ3) is 5.24. The smallest absolute Gasteiger partial charge is 0.112 e. The Balaban J connectivity index is 3.48. The summed E-state index contributed by atoms with van der Waals surface area (Å²) in [4.78, 5) is 0. The Morgan fingerprint density at radius 1 is 1.45 bits per heavy atom. The van der Waals surface area contributed by atoms with Crippen LogP contribution in [0.2, 0.25) is 0 Å². The van der Waals surface area contributed by atoms with E-state index in [0.29, 0.717) is 6.61 Å². The Morgan fingerprint density at radius 3 is 2.36 bits per heavy atom. The summed E-state index contributed by atoms with van der Waals surface area (Å²) in [7, 11) is 7.01. The number of ether oxygens (including phenoxy) is 2. The highest BCUT2D eigenvalue weighted by Crippen LogP contribution is 1.99. The van der Waals surface area contributed by atoms with Crippen LogP contribution in [-0.4, -0.2) is 44.9 Å². The predicted octanol–water partition coefficient (Wildman–Crippen LogP) is -0.0867. The average molecular weight is 158 g/mol. The van der Waals surface area contributed by atoms with Crippen LogP contribution in [0.4, 0.5) is 0 Å². The fourth-order valence-corrected chi connectivity index (χ4v) is 0.656. The van der Waals surface area contributed by atoms with E-state index in [-0.39, 0.29) is 6.10 Å². The van der Waals surface area contributed by atoms with Crippen LogP contribution in [0.25, 0.3) is 0 Å². The first kappa shape index (κ1) is 10.9. The summed E-state index contributed by atoms with van der Waals surface area (Å²) in [6, 6.07) is -0.625. The third-order valence-electron chi connectivity index (χ3n) is 1.27. The van der Waals surface area contributed by atoms with Crippen molar-refractivity contribution < 1.29 is 14.6 Å². The fourth-order valence-electron chi connectivity index (χ4n) is 0.656. The Hall–Kier alpha value is -0.0551. The first-order valence-electron chi connectivity index (χ1n) is 3.66. The van der Waals surface area contributed by atoms with Gasteiger partial charge in [-0.25, -0.2) is 0 Å².